The Hall–Kier alpha value is 0.270. The first-order valence-corrected chi connectivity index (χ1v) is 6.66. The molecule has 1 saturated heterocycles. The summed E-state index contributed by atoms with van der Waals surface area (Å²) in [5.41, 5.74) is 0. The summed E-state index contributed by atoms with van der Waals surface area (Å²) in [5.74, 6) is 1.36. The van der Waals surface area contributed by atoms with Gasteiger partial charge in [-0.3, -0.25) is 0 Å². The third kappa shape index (κ3) is 4.20. The number of hydrogen-bond donors (Lipinski definition) is 1. The molecule has 14 heavy (non-hydrogen) atoms. The first kappa shape index (κ1) is 12.3. The van der Waals surface area contributed by atoms with Gasteiger partial charge < -0.3 is 9.84 Å². The molecule has 2 unspecified atom stereocenters. The fraction of sp³-hybridized carbons (Fsp3) is 1.00. The highest BCUT2D eigenvalue weighted by Crippen LogP contribution is 2.23. The summed E-state index contributed by atoms with van der Waals surface area (Å²) >= 11 is 1.89. The van der Waals surface area contributed by atoms with E-state index in [1.54, 1.807) is 0 Å². The van der Waals surface area contributed by atoms with Gasteiger partial charge in [-0.15, -0.1) is 0 Å². The summed E-state index contributed by atoms with van der Waals surface area (Å²) in [4.78, 5) is 0. The Balaban J connectivity index is 2.16. The van der Waals surface area contributed by atoms with E-state index in [0.29, 0.717) is 11.2 Å². The molecule has 3 heteroatoms. The summed E-state index contributed by atoms with van der Waals surface area (Å²) in [5, 5.41) is 10.6. The van der Waals surface area contributed by atoms with Crippen LogP contribution in [0.4, 0.5) is 0 Å². The maximum absolute atomic E-state index is 9.94. The van der Waals surface area contributed by atoms with Crippen LogP contribution in [0.5, 0.6) is 0 Å². The minimum absolute atomic E-state index is 0.127. The van der Waals surface area contributed by atoms with E-state index in [1.807, 2.05) is 11.8 Å². The molecule has 0 spiro atoms. The van der Waals surface area contributed by atoms with Crippen molar-refractivity contribution in [1.82, 2.24) is 0 Å². The number of ether oxygens (including phenoxy) is 1. The second-order valence-corrected chi connectivity index (χ2v) is 5.54. The molecule has 0 aromatic rings. The molecular formula is C11H22O2S. The van der Waals surface area contributed by atoms with Crippen molar-refractivity contribution >= 4 is 11.8 Å². The van der Waals surface area contributed by atoms with Gasteiger partial charge in [0.15, 0.2) is 0 Å². The zero-order chi connectivity index (χ0) is 10.4. The van der Waals surface area contributed by atoms with Crippen molar-refractivity contribution in [3.8, 4) is 0 Å². The molecule has 1 heterocycles. The van der Waals surface area contributed by atoms with Gasteiger partial charge in [0.05, 0.1) is 6.10 Å². The standard InChI is InChI=1S/C11H22O2S/c1-3-9(2)14-8-11(12)10-4-6-13-7-5-10/h9-12H,3-8H2,1-2H3. The molecule has 1 fully saturated rings. The monoisotopic (exact) mass is 218 g/mol. The normalized spacial score (nSPS) is 23.4. The highest BCUT2D eigenvalue weighted by Gasteiger charge is 2.22. The molecule has 0 aromatic carbocycles. The van der Waals surface area contributed by atoms with Gasteiger partial charge in [0.2, 0.25) is 0 Å². The van der Waals surface area contributed by atoms with Crippen LogP contribution in [-0.2, 0) is 4.74 Å². The van der Waals surface area contributed by atoms with E-state index in [4.69, 9.17) is 4.74 Å². The van der Waals surface area contributed by atoms with Gasteiger partial charge in [-0.1, -0.05) is 13.8 Å². The molecule has 1 rings (SSSR count). The summed E-state index contributed by atoms with van der Waals surface area (Å²) in [6.45, 7) is 6.07. The molecular weight excluding hydrogens is 196 g/mol. The zero-order valence-corrected chi connectivity index (χ0v) is 10.1. The Kier molecular flexibility index (Phi) is 5.90. The SMILES string of the molecule is CCC(C)SCC(O)C1CCOCC1. The minimum atomic E-state index is -0.127. The Morgan fingerprint density at radius 3 is 2.64 bits per heavy atom. The number of aliphatic hydroxyl groups is 1. The van der Waals surface area contributed by atoms with Crippen LogP contribution in [0.15, 0.2) is 0 Å². The summed E-state index contributed by atoms with van der Waals surface area (Å²) < 4.78 is 5.28. The second kappa shape index (κ2) is 6.70. The Bertz CT molecular complexity index is 146. The van der Waals surface area contributed by atoms with Crippen molar-refractivity contribution < 1.29 is 9.84 Å². The molecule has 0 aromatic heterocycles. The van der Waals surface area contributed by atoms with E-state index >= 15 is 0 Å². The van der Waals surface area contributed by atoms with E-state index in [1.165, 1.54) is 6.42 Å². The summed E-state index contributed by atoms with van der Waals surface area (Å²) in [6, 6.07) is 0. The molecule has 0 amide bonds. The highest BCUT2D eigenvalue weighted by atomic mass is 32.2. The number of rotatable bonds is 5. The Labute approximate surface area is 91.4 Å². The topological polar surface area (TPSA) is 29.5 Å². The van der Waals surface area contributed by atoms with Crippen LogP contribution in [0, 0.1) is 5.92 Å². The van der Waals surface area contributed by atoms with Crippen molar-refractivity contribution in [2.24, 2.45) is 5.92 Å². The quantitative estimate of drug-likeness (QED) is 0.768. The maximum Gasteiger partial charge on any atom is 0.0660 e. The zero-order valence-electron chi connectivity index (χ0n) is 9.24. The van der Waals surface area contributed by atoms with Gasteiger partial charge >= 0.3 is 0 Å². The molecule has 0 aliphatic carbocycles. The van der Waals surface area contributed by atoms with Crippen molar-refractivity contribution in [3.63, 3.8) is 0 Å². The lowest BCUT2D eigenvalue weighted by atomic mass is 9.95. The molecule has 84 valence electrons. The first-order valence-electron chi connectivity index (χ1n) is 5.61. The van der Waals surface area contributed by atoms with Crippen LogP contribution < -0.4 is 0 Å². The summed E-state index contributed by atoms with van der Waals surface area (Å²) in [6.07, 6.45) is 3.12. The van der Waals surface area contributed by atoms with Crippen LogP contribution in [0.3, 0.4) is 0 Å². The van der Waals surface area contributed by atoms with Gasteiger partial charge in [0.1, 0.15) is 0 Å². The third-order valence-corrected chi connectivity index (χ3v) is 4.37. The van der Waals surface area contributed by atoms with Gasteiger partial charge in [-0.05, 0) is 25.2 Å². The van der Waals surface area contributed by atoms with Crippen LogP contribution in [0.2, 0.25) is 0 Å². The van der Waals surface area contributed by atoms with Crippen LogP contribution in [0.25, 0.3) is 0 Å². The van der Waals surface area contributed by atoms with E-state index in [-0.39, 0.29) is 6.10 Å². The molecule has 1 aliphatic heterocycles. The van der Waals surface area contributed by atoms with E-state index in [0.717, 1.165) is 31.8 Å². The maximum atomic E-state index is 9.94. The lowest BCUT2D eigenvalue weighted by molar-refractivity contribution is 0.0169. The van der Waals surface area contributed by atoms with Crippen molar-refractivity contribution in [2.45, 2.75) is 44.5 Å². The molecule has 0 bridgehead atoms. The largest absolute Gasteiger partial charge is 0.392 e. The fourth-order valence-corrected chi connectivity index (χ4v) is 2.65. The van der Waals surface area contributed by atoms with Crippen molar-refractivity contribution in [2.75, 3.05) is 19.0 Å². The Morgan fingerprint density at radius 1 is 1.43 bits per heavy atom. The predicted octanol–water partition coefficient (Wildman–Crippen LogP) is 2.31. The number of thioether (sulfide) groups is 1. The van der Waals surface area contributed by atoms with Crippen LogP contribution in [-0.4, -0.2) is 35.4 Å². The molecule has 1 aliphatic rings. The average Bonchev–Trinajstić information content (AvgIpc) is 2.26. The lowest BCUT2D eigenvalue weighted by Gasteiger charge is -2.27. The molecule has 0 radical (unpaired) electrons. The number of hydrogen-bond acceptors (Lipinski definition) is 3. The first-order chi connectivity index (χ1) is 6.74. The Morgan fingerprint density at radius 2 is 2.07 bits per heavy atom. The predicted molar refractivity (Wildman–Crippen MR) is 61.8 cm³/mol. The fourth-order valence-electron chi connectivity index (χ4n) is 1.62. The van der Waals surface area contributed by atoms with Gasteiger partial charge in [-0.2, -0.15) is 11.8 Å². The van der Waals surface area contributed by atoms with E-state index in [2.05, 4.69) is 13.8 Å². The van der Waals surface area contributed by atoms with Gasteiger partial charge in [0.25, 0.3) is 0 Å². The van der Waals surface area contributed by atoms with E-state index in [9.17, 15) is 5.11 Å². The molecule has 1 N–H and O–H groups in total. The lowest BCUT2D eigenvalue weighted by Crippen LogP contribution is -2.29. The summed E-state index contributed by atoms with van der Waals surface area (Å²) in [7, 11) is 0. The third-order valence-electron chi connectivity index (χ3n) is 2.94. The van der Waals surface area contributed by atoms with Crippen molar-refractivity contribution in [3.05, 3.63) is 0 Å². The molecule has 2 atom stereocenters. The minimum Gasteiger partial charge on any atom is -0.392 e. The smallest absolute Gasteiger partial charge is 0.0660 e. The second-order valence-electron chi connectivity index (χ2n) is 4.07. The van der Waals surface area contributed by atoms with Crippen LogP contribution in [0.1, 0.15) is 33.1 Å². The van der Waals surface area contributed by atoms with E-state index < -0.39 is 0 Å². The van der Waals surface area contributed by atoms with Crippen LogP contribution >= 0.6 is 11.8 Å². The van der Waals surface area contributed by atoms with Gasteiger partial charge in [-0.25, -0.2) is 0 Å². The van der Waals surface area contributed by atoms with Crippen molar-refractivity contribution in [1.29, 1.82) is 0 Å². The average molecular weight is 218 g/mol. The highest BCUT2D eigenvalue weighted by molar-refractivity contribution is 7.99. The van der Waals surface area contributed by atoms with Gasteiger partial charge in [0, 0.05) is 24.2 Å². The molecule has 2 nitrogen and oxygen atoms in total. The molecule has 0 saturated carbocycles. The number of aliphatic hydroxyl groups excluding tert-OH is 1.